The van der Waals surface area contributed by atoms with Crippen LogP contribution in [0, 0.1) is 0 Å². The van der Waals surface area contributed by atoms with Crippen LogP contribution in [0.5, 0.6) is 0 Å². The number of alkyl halides is 3. The van der Waals surface area contributed by atoms with Gasteiger partial charge in [0.15, 0.2) is 0 Å². The largest absolute Gasteiger partial charge is 0.492 e. The van der Waals surface area contributed by atoms with Gasteiger partial charge in [0.25, 0.3) is 0 Å². The molecule has 250 valence electrons. The molecule has 0 saturated carbocycles. The van der Waals surface area contributed by atoms with Crippen molar-refractivity contribution in [1.29, 1.82) is 0 Å². The van der Waals surface area contributed by atoms with Gasteiger partial charge in [-0.25, -0.2) is 0 Å². The van der Waals surface area contributed by atoms with Gasteiger partial charge < -0.3 is 24.0 Å². The van der Waals surface area contributed by atoms with Crippen LogP contribution < -0.4 is 4.90 Å². The van der Waals surface area contributed by atoms with Crippen molar-refractivity contribution >= 4 is 20.5 Å². The van der Waals surface area contributed by atoms with Crippen LogP contribution in [0.4, 0.5) is 18.9 Å². The van der Waals surface area contributed by atoms with Crippen molar-refractivity contribution in [2.24, 2.45) is 0 Å². The number of aromatic nitrogens is 3. The lowest BCUT2D eigenvalue weighted by Crippen LogP contribution is -2.33. The fourth-order valence-corrected chi connectivity index (χ4v) is 6.39. The average Bonchev–Trinajstić information content (AvgIpc) is 3.47. The summed E-state index contributed by atoms with van der Waals surface area (Å²) in [4.78, 5) is 41.9. The summed E-state index contributed by atoms with van der Waals surface area (Å²) in [5.74, 6) is -4.04. The lowest BCUT2D eigenvalue weighted by molar-refractivity contribution is -0.164. The number of rotatable bonds is 16. The number of cyclic esters (lactones) is 1. The van der Waals surface area contributed by atoms with E-state index in [0.29, 0.717) is 23.2 Å². The van der Waals surface area contributed by atoms with Gasteiger partial charge in [-0.2, -0.15) is 13.2 Å². The molecule has 1 aromatic heterocycles. The first-order valence-electron chi connectivity index (χ1n) is 15.8. The SMILES string of the molecule is CN(C)c1ccc([C@@H]2C(=O)OC(C(F)(F)F)=C[C@H]2c2ccc(-c3cn(CCCCCCCCCCC[Si](O)(O)O)nn3)cc2)cc1. The molecule has 3 N–H and O–H groups in total. The summed E-state index contributed by atoms with van der Waals surface area (Å²) in [6.07, 6.45) is 7.12. The summed E-state index contributed by atoms with van der Waals surface area (Å²) in [7, 11) is -0.132. The highest BCUT2D eigenvalue weighted by Gasteiger charge is 2.45. The second kappa shape index (κ2) is 15.9. The Morgan fingerprint density at radius 2 is 1.41 bits per heavy atom. The molecule has 0 fully saturated rings. The van der Waals surface area contributed by atoms with E-state index in [2.05, 4.69) is 10.3 Å². The molecule has 1 aliphatic rings. The molecule has 0 aliphatic carbocycles. The highest BCUT2D eigenvalue weighted by molar-refractivity contribution is 6.56. The fraction of sp³-hybridized carbons (Fsp3) is 0.485. The Hall–Kier alpha value is -3.52. The van der Waals surface area contributed by atoms with Gasteiger partial charge in [-0.15, -0.1) is 5.10 Å². The minimum Gasteiger partial charge on any atom is -0.421 e. The monoisotopic (exact) mass is 660 g/mol. The summed E-state index contributed by atoms with van der Waals surface area (Å²) in [6, 6.07) is 14.3. The molecule has 0 bridgehead atoms. The van der Waals surface area contributed by atoms with Crippen LogP contribution in [0.25, 0.3) is 11.3 Å². The van der Waals surface area contributed by atoms with Crippen LogP contribution in [-0.2, 0) is 16.1 Å². The molecule has 2 aromatic carbocycles. The Morgan fingerprint density at radius 3 is 1.98 bits per heavy atom. The fourth-order valence-electron chi connectivity index (χ4n) is 5.67. The van der Waals surface area contributed by atoms with Crippen molar-refractivity contribution in [2.75, 3.05) is 19.0 Å². The maximum absolute atomic E-state index is 13.6. The maximum atomic E-state index is 13.6. The smallest absolute Gasteiger partial charge is 0.421 e. The number of esters is 1. The zero-order valence-corrected chi connectivity index (χ0v) is 27.3. The zero-order chi connectivity index (χ0) is 33.3. The van der Waals surface area contributed by atoms with E-state index in [0.717, 1.165) is 75.2 Å². The summed E-state index contributed by atoms with van der Waals surface area (Å²) in [5, 5.41) is 8.51. The number of unbranched alkanes of at least 4 members (excludes halogenated alkanes) is 8. The average molecular weight is 661 g/mol. The molecule has 1 aliphatic heterocycles. The molecule has 0 amide bonds. The molecule has 2 heterocycles. The number of hydrogen-bond donors (Lipinski definition) is 3. The second-order valence-corrected chi connectivity index (χ2v) is 14.2. The number of nitrogens with zero attached hydrogens (tertiary/aromatic N) is 4. The van der Waals surface area contributed by atoms with Crippen LogP contribution in [-0.4, -0.2) is 64.4 Å². The molecular formula is C33H43F3N4O5Si. The number of ether oxygens (including phenoxy) is 1. The van der Waals surface area contributed by atoms with E-state index in [1.807, 2.05) is 37.3 Å². The van der Waals surface area contributed by atoms with E-state index >= 15 is 0 Å². The van der Waals surface area contributed by atoms with Gasteiger partial charge in [0, 0.05) is 43.9 Å². The van der Waals surface area contributed by atoms with Crippen LogP contribution in [0.2, 0.25) is 6.04 Å². The molecule has 4 rings (SSSR count). The van der Waals surface area contributed by atoms with E-state index in [-0.39, 0.29) is 6.04 Å². The minimum absolute atomic E-state index is 0.109. The van der Waals surface area contributed by atoms with Crippen molar-refractivity contribution in [3.63, 3.8) is 0 Å². The van der Waals surface area contributed by atoms with Gasteiger partial charge in [-0.1, -0.05) is 86.6 Å². The normalized spacial score (nSPS) is 17.1. The van der Waals surface area contributed by atoms with Crippen molar-refractivity contribution < 1.29 is 37.1 Å². The molecule has 3 aromatic rings. The molecule has 46 heavy (non-hydrogen) atoms. The third-order valence-electron chi connectivity index (χ3n) is 8.23. The summed E-state index contributed by atoms with van der Waals surface area (Å²) < 4.78 is 47.4. The van der Waals surface area contributed by atoms with Crippen molar-refractivity contribution in [3.05, 3.63) is 77.7 Å². The zero-order valence-electron chi connectivity index (χ0n) is 26.3. The number of aryl methyl sites for hydroxylation is 1. The molecule has 2 atom stereocenters. The molecule has 0 unspecified atom stereocenters. The first-order valence-corrected chi connectivity index (χ1v) is 17.8. The van der Waals surface area contributed by atoms with Gasteiger partial charge >= 0.3 is 21.0 Å². The molecular weight excluding hydrogens is 617 g/mol. The molecule has 0 spiro atoms. The van der Waals surface area contributed by atoms with Gasteiger partial charge in [-0.05, 0) is 42.2 Å². The third kappa shape index (κ3) is 10.2. The van der Waals surface area contributed by atoms with Crippen molar-refractivity contribution in [3.8, 4) is 11.3 Å². The van der Waals surface area contributed by atoms with Crippen molar-refractivity contribution in [2.45, 2.75) is 88.4 Å². The summed E-state index contributed by atoms with van der Waals surface area (Å²) >= 11 is 0. The first kappa shape index (κ1) is 35.3. The molecule has 0 saturated heterocycles. The number of carbonyl (C=O) groups excluding carboxylic acids is 1. The third-order valence-corrected chi connectivity index (χ3v) is 9.26. The highest BCUT2D eigenvalue weighted by atomic mass is 28.4. The molecule has 13 heteroatoms. The van der Waals surface area contributed by atoms with Crippen LogP contribution >= 0.6 is 0 Å². The predicted molar refractivity (Wildman–Crippen MR) is 171 cm³/mol. The Balaban J connectivity index is 1.32. The Labute approximate surface area is 268 Å². The van der Waals surface area contributed by atoms with E-state index < -0.39 is 38.5 Å². The Kier molecular flexibility index (Phi) is 12.2. The van der Waals surface area contributed by atoms with Crippen molar-refractivity contribution in [1.82, 2.24) is 15.0 Å². The van der Waals surface area contributed by atoms with E-state index in [9.17, 15) is 18.0 Å². The van der Waals surface area contributed by atoms with Crippen LogP contribution in [0.3, 0.4) is 0 Å². The number of anilines is 1. The lowest BCUT2D eigenvalue weighted by atomic mass is 9.79. The maximum Gasteiger partial charge on any atom is 0.492 e. The van der Waals surface area contributed by atoms with E-state index in [1.54, 1.807) is 41.1 Å². The van der Waals surface area contributed by atoms with Gasteiger partial charge in [-0.3, -0.25) is 9.48 Å². The van der Waals surface area contributed by atoms with E-state index in [1.165, 1.54) is 0 Å². The number of hydrogen-bond acceptors (Lipinski definition) is 8. The van der Waals surface area contributed by atoms with Gasteiger partial charge in [0.05, 0.1) is 12.1 Å². The van der Waals surface area contributed by atoms with Crippen LogP contribution in [0.15, 0.2) is 66.6 Å². The quantitative estimate of drug-likeness (QED) is 0.0930. The number of benzene rings is 2. The Morgan fingerprint density at radius 1 is 0.848 bits per heavy atom. The van der Waals surface area contributed by atoms with E-state index in [4.69, 9.17) is 19.1 Å². The molecule has 9 nitrogen and oxygen atoms in total. The molecule has 0 radical (unpaired) electrons. The number of allylic oxidation sites excluding steroid dienone is 2. The predicted octanol–water partition coefficient (Wildman–Crippen LogP) is 6.31. The topological polar surface area (TPSA) is 121 Å². The minimum atomic E-state index is -4.79. The van der Waals surface area contributed by atoms with Gasteiger partial charge in [0.1, 0.15) is 5.69 Å². The van der Waals surface area contributed by atoms with Crippen LogP contribution in [0.1, 0.15) is 80.8 Å². The van der Waals surface area contributed by atoms with Gasteiger partial charge in [0.2, 0.25) is 5.76 Å². The summed E-state index contributed by atoms with van der Waals surface area (Å²) in [5.41, 5.74) is 3.45. The standard InChI is InChI=1S/C33H43F3N4O5Si/c1-39(2)27-18-16-26(17-19-27)31-28(22-30(33(34,35)36)45-32(31)41)24-12-14-25(15-13-24)29-23-40(38-37-29)20-10-8-6-4-3-5-7-9-11-21-46(42,43)44/h12-19,22-23,28,31,42-44H,3-11,20-21H2,1-2H3/t28-,31-/m0/s1. The highest BCUT2D eigenvalue weighted by Crippen LogP contribution is 2.44. The number of halogens is 3. The second-order valence-electron chi connectivity index (χ2n) is 12.1. The lowest BCUT2D eigenvalue weighted by Gasteiger charge is -2.30. The summed E-state index contributed by atoms with van der Waals surface area (Å²) in [6.45, 7) is 0.726. The number of carbonyl (C=O) groups is 1. The first-order chi connectivity index (χ1) is 21.8. The Bertz CT molecular complexity index is 1440.